The van der Waals surface area contributed by atoms with E-state index < -0.39 is 0 Å². The minimum Gasteiger partial charge on any atom is -0.379 e. The van der Waals surface area contributed by atoms with E-state index >= 15 is 0 Å². The van der Waals surface area contributed by atoms with Crippen molar-refractivity contribution in [2.75, 3.05) is 13.7 Å². The molecule has 2 atom stereocenters. The first-order valence-electron chi connectivity index (χ1n) is 7.56. The van der Waals surface area contributed by atoms with Crippen molar-refractivity contribution in [3.05, 3.63) is 18.0 Å². The predicted octanol–water partition coefficient (Wildman–Crippen LogP) is 3.15. The van der Waals surface area contributed by atoms with Crippen LogP contribution in [0.25, 0.3) is 0 Å². The molecule has 1 rings (SSSR count). The second kappa shape index (κ2) is 9.10. The van der Waals surface area contributed by atoms with Gasteiger partial charge in [-0.15, -0.1) is 0 Å². The van der Waals surface area contributed by atoms with Gasteiger partial charge >= 0.3 is 0 Å². The van der Waals surface area contributed by atoms with Gasteiger partial charge in [-0.2, -0.15) is 5.10 Å². The van der Waals surface area contributed by atoms with Crippen molar-refractivity contribution < 1.29 is 4.74 Å². The summed E-state index contributed by atoms with van der Waals surface area (Å²) in [4.78, 5) is 0. The fourth-order valence-corrected chi connectivity index (χ4v) is 2.44. The molecule has 0 bridgehead atoms. The minimum absolute atomic E-state index is 0.212. The summed E-state index contributed by atoms with van der Waals surface area (Å²) in [6, 6.07) is 2.35. The highest BCUT2D eigenvalue weighted by Crippen LogP contribution is 2.22. The first-order chi connectivity index (χ1) is 9.28. The van der Waals surface area contributed by atoms with Crippen LogP contribution in [0.5, 0.6) is 0 Å². The summed E-state index contributed by atoms with van der Waals surface area (Å²) in [5, 5.41) is 8.05. The highest BCUT2D eigenvalue weighted by molar-refractivity contribution is 5.09. The van der Waals surface area contributed by atoms with Gasteiger partial charge in [0.15, 0.2) is 0 Å². The van der Waals surface area contributed by atoms with Crippen molar-refractivity contribution >= 4 is 0 Å². The summed E-state index contributed by atoms with van der Waals surface area (Å²) >= 11 is 0. The molecule has 0 spiro atoms. The van der Waals surface area contributed by atoms with Gasteiger partial charge in [0, 0.05) is 19.9 Å². The zero-order valence-electron chi connectivity index (χ0n) is 12.9. The van der Waals surface area contributed by atoms with Crippen LogP contribution in [0.15, 0.2) is 12.3 Å². The maximum atomic E-state index is 5.70. The van der Waals surface area contributed by atoms with E-state index in [9.17, 15) is 0 Å². The molecule has 0 aliphatic heterocycles. The summed E-state index contributed by atoms with van der Waals surface area (Å²) < 4.78 is 7.81. The molecular weight excluding hydrogens is 238 g/mol. The topological polar surface area (TPSA) is 39.1 Å². The number of nitrogens with zero attached hydrogens (tertiary/aromatic N) is 2. The second-order valence-electron chi connectivity index (χ2n) is 4.97. The molecule has 19 heavy (non-hydrogen) atoms. The fraction of sp³-hybridized carbons (Fsp3) is 0.800. The average molecular weight is 267 g/mol. The quantitative estimate of drug-likeness (QED) is 0.708. The number of methoxy groups -OCH3 is 1. The van der Waals surface area contributed by atoms with Gasteiger partial charge < -0.3 is 10.1 Å². The number of hydrogen-bond donors (Lipinski definition) is 1. The molecule has 110 valence electrons. The Kier molecular flexibility index (Phi) is 7.75. The summed E-state index contributed by atoms with van der Waals surface area (Å²) in [5.74, 6) is 0. The van der Waals surface area contributed by atoms with Gasteiger partial charge in [-0.05, 0) is 31.9 Å². The zero-order chi connectivity index (χ0) is 14.1. The number of hydrogen-bond acceptors (Lipinski definition) is 3. The van der Waals surface area contributed by atoms with Crippen LogP contribution in [0.2, 0.25) is 0 Å². The van der Waals surface area contributed by atoms with Crippen molar-refractivity contribution in [3.8, 4) is 0 Å². The SMILES string of the molecule is CCCNC(c1ccnn1CCC)C(CCC)OC. The molecule has 4 nitrogen and oxygen atoms in total. The third-order valence-electron chi connectivity index (χ3n) is 3.37. The number of aromatic nitrogens is 2. The van der Waals surface area contributed by atoms with Crippen molar-refractivity contribution in [1.82, 2.24) is 15.1 Å². The number of ether oxygens (including phenoxy) is 1. The van der Waals surface area contributed by atoms with Gasteiger partial charge in [-0.1, -0.05) is 27.2 Å². The van der Waals surface area contributed by atoms with E-state index in [4.69, 9.17) is 4.74 Å². The maximum Gasteiger partial charge on any atom is 0.0781 e. The molecule has 1 aromatic heterocycles. The third kappa shape index (κ3) is 4.62. The standard InChI is InChI=1S/C15H29N3O/c1-5-8-14(19-4)15(16-10-6-2)13-9-11-17-18(13)12-7-3/h9,11,14-16H,5-8,10,12H2,1-4H3. The Hall–Kier alpha value is -0.870. The molecule has 0 saturated carbocycles. The number of aryl methyl sites for hydroxylation is 1. The Morgan fingerprint density at radius 1 is 1.26 bits per heavy atom. The molecule has 1 aromatic rings. The fourth-order valence-electron chi connectivity index (χ4n) is 2.44. The van der Waals surface area contributed by atoms with Crippen LogP contribution >= 0.6 is 0 Å². The lowest BCUT2D eigenvalue weighted by Gasteiger charge is -2.27. The van der Waals surface area contributed by atoms with Gasteiger partial charge in [-0.3, -0.25) is 4.68 Å². The molecule has 0 aliphatic rings. The zero-order valence-corrected chi connectivity index (χ0v) is 12.9. The van der Waals surface area contributed by atoms with E-state index in [2.05, 4.69) is 41.9 Å². The Balaban J connectivity index is 2.90. The van der Waals surface area contributed by atoms with E-state index in [1.165, 1.54) is 5.69 Å². The lowest BCUT2D eigenvalue weighted by atomic mass is 10.0. The van der Waals surface area contributed by atoms with Crippen molar-refractivity contribution in [2.45, 2.75) is 65.1 Å². The smallest absolute Gasteiger partial charge is 0.0781 e. The minimum atomic E-state index is 0.212. The number of nitrogens with one attached hydrogen (secondary N) is 1. The summed E-state index contributed by atoms with van der Waals surface area (Å²) in [6.45, 7) is 8.54. The molecule has 1 N–H and O–H groups in total. The molecule has 0 aromatic carbocycles. The van der Waals surface area contributed by atoms with Gasteiger partial charge in [0.2, 0.25) is 0 Å². The Morgan fingerprint density at radius 2 is 2.05 bits per heavy atom. The van der Waals surface area contributed by atoms with Crippen LogP contribution in [-0.2, 0) is 11.3 Å². The average Bonchev–Trinajstić information content (AvgIpc) is 2.86. The lowest BCUT2D eigenvalue weighted by molar-refractivity contribution is 0.0577. The maximum absolute atomic E-state index is 5.70. The summed E-state index contributed by atoms with van der Waals surface area (Å²) in [5.41, 5.74) is 1.25. The van der Waals surface area contributed by atoms with Crippen molar-refractivity contribution in [2.24, 2.45) is 0 Å². The van der Waals surface area contributed by atoms with Crippen LogP contribution in [0.3, 0.4) is 0 Å². The second-order valence-corrected chi connectivity index (χ2v) is 4.97. The van der Waals surface area contributed by atoms with E-state index in [0.29, 0.717) is 0 Å². The third-order valence-corrected chi connectivity index (χ3v) is 3.37. The van der Waals surface area contributed by atoms with Gasteiger partial charge in [0.1, 0.15) is 0 Å². The van der Waals surface area contributed by atoms with Gasteiger partial charge in [0.05, 0.1) is 17.8 Å². The summed E-state index contributed by atoms with van der Waals surface area (Å²) in [6.07, 6.45) is 6.52. The Labute approximate surface area is 117 Å². The van der Waals surface area contributed by atoms with E-state index in [1.807, 2.05) is 13.3 Å². The van der Waals surface area contributed by atoms with E-state index in [1.54, 1.807) is 0 Å². The van der Waals surface area contributed by atoms with Crippen LogP contribution in [-0.4, -0.2) is 29.5 Å². The van der Waals surface area contributed by atoms with Crippen LogP contribution in [0.4, 0.5) is 0 Å². The number of rotatable bonds is 10. The molecule has 0 saturated heterocycles. The lowest BCUT2D eigenvalue weighted by Crippen LogP contribution is -2.35. The van der Waals surface area contributed by atoms with Crippen molar-refractivity contribution in [1.29, 1.82) is 0 Å². The molecule has 0 amide bonds. The van der Waals surface area contributed by atoms with E-state index in [0.717, 1.165) is 38.8 Å². The van der Waals surface area contributed by atoms with Crippen LogP contribution < -0.4 is 5.32 Å². The Morgan fingerprint density at radius 3 is 2.63 bits per heavy atom. The highest BCUT2D eigenvalue weighted by Gasteiger charge is 2.24. The molecule has 0 radical (unpaired) electrons. The summed E-state index contributed by atoms with van der Waals surface area (Å²) in [7, 11) is 1.81. The predicted molar refractivity (Wildman–Crippen MR) is 79.3 cm³/mol. The van der Waals surface area contributed by atoms with E-state index in [-0.39, 0.29) is 12.1 Å². The first-order valence-corrected chi connectivity index (χ1v) is 7.56. The molecular formula is C15H29N3O. The van der Waals surface area contributed by atoms with Crippen LogP contribution in [0.1, 0.15) is 58.2 Å². The molecule has 2 unspecified atom stereocenters. The molecule has 0 fully saturated rings. The van der Waals surface area contributed by atoms with Gasteiger partial charge in [-0.25, -0.2) is 0 Å². The largest absolute Gasteiger partial charge is 0.379 e. The molecule has 4 heteroatoms. The first kappa shape index (κ1) is 16.2. The molecule has 1 heterocycles. The molecule has 0 aliphatic carbocycles. The van der Waals surface area contributed by atoms with Gasteiger partial charge in [0.25, 0.3) is 0 Å². The monoisotopic (exact) mass is 267 g/mol. The Bertz CT molecular complexity index is 338. The normalized spacial score (nSPS) is 14.5. The van der Waals surface area contributed by atoms with Crippen LogP contribution in [0, 0.1) is 0 Å². The highest BCUT2D eigenvalue weighted by atomic mass is 16.5. The van der Waals surface area contributed by atoms with Crippen molar-refractivity contribution in [3.63, 3.8) is 0 Å².